The van der Waals surface area contributed by atoms with Crippen LogP contribution in [0.5, 0.6) is 23.5 Å². The van der Waals surface area contributed by atoms with Gasteiger partial charge in [-0.05, 0) is 66.9 Å². The first-order valence-corrected chi connectivity index (χ1v) is 33.8. The smallest absolute Gasteiger partial charge is 0.389 e. The number of nitrogens with zero attached hydrogens (tertiary/aromatic N) is 10. The number of ether oxygens (including phenoxy) is 4. The van der Waals surface area contributed by atoms with Crippen molar-refractivity contribution in [1.82, 2.24) is 63.9 Å². The Labute approximate surface area is 538 Å². The standard InChI is InChI=1S/C15H13Cl2N3O2.C15H16F3N5O4S.C15H18N6O6S.C3H8NO5P.C3H9S/c1-2-7-22-13-9-12(10(16)8-11(13)17)20-15(21)19-6-4-3-5-14(19)18-20;1-9-19-12(22-14(20-9)27-2)21-13(24)23-28(25,26)11-6-4-3-5-10(11)7-8-15(16,17)18;1-21(2)13(22)9-6-5-7-16-12(9)28(24,25)20-15(23)19-14-17-10(26-3)8-11(18-14)27-4;5-3(6)1-4-2-10(7,8)9;1-4(2)3/h1,8-9H,3-7H2;3-6H,7-8H2,1-2H3,(H2,19,20,21,22,23,24);5-8H,1-4H3,(H2,17,18,19,20,23);4H,1-2H2,(H,5,6)(H2,7,8,9);1-3H3/q;;;;+1/p-1. The molecule has 0 saturated carbocycles. The Bertz CT molecular complexity index is 3910. The molecule has 4 aromatic heterocycles. The predicted molar refractivity (Wildman–Crippen MR) is 329 cm³/mol. The number of anilines is 2. The number of carbonyl (C=O) groups excluding carboxylic acids is 3. The van der Waals surface area contributed by atoms with Gasteiger partial charge in [0.15, 0.2) is 5.03 Å². The third-order valence-corrected chi connectivity index (χ3v) is 14.6. The van der Waals surface area contributed by atoms with Crippen LogP contribution < -0.4 is 54.9 Å². The van der Waals surface area contributed by atoms with Crippen LogP contribution in [0.1, 0.15) is 46.8 Å². The third-order valence-electron chi connectivity index (χ3n) is 10.6. The van der Waals surface area contributed by atoms with Crippen molar-refractivity contribution in [2.24, 2.45) is 0 Å². The van der Waals surface area contributed by atoms with E-state index in [1.807, 2.05) is 5.32 Å². The first-order valence-electron chi connectivity index (χ1n) is 25.9. The van der Waals surface area contributed by atoms with Crippen LogP contribution in [-0.2, 0) is 59.7 Å². The molecule has 92 heavy (non-hydrogen) atoms. The van der Waals surface area contributed by atoms with Gasteiger partial charge in [-0.15, -0.1) is 11.5 Å². The number of hydrogen-bond acceptors (Lipinski definition) is 23. The summed E-state index contributed by atoms with van der Waals surface area (Å²) in [6.07, 6.45) is 8.84. The molecule has 1 atom stereocenters. The first kappa shape index (κ1) is 77.8. The molecule has 0 saturated heterocycles. The quantitative estimate of drug-likeness (QED) is 0.0346. The van der Waals surface area contributed by atoms with E-state index in [0.29, 0.717) is 38.9 Å². The van der Waals surface area contributed by atoms with Crippen molar-refractivity contribution >= 4 is 97.6 Å². The zero-order valence-electron chi connectivity index (χ0n) is 50.3. The minimum atomic E-state index is -4.46. The average molecular weight is 1410 g/mol. The summed E-state index contributed by atoms with van der Waals surface area (Å²) >= 11 is 12.3. The lowest BCUT2D eigenvalue weighted by Crippen LogP contribution is -2.36. The van der Waals surface area contributed by atoms with Crippen molar-refractivity contribution < 1.29 is 87.6 Å². The van der Waals surface area contributed by atoms with Gasteiger partial charge < -0.3 is 43.3 Å². The topological polar surface area (TPSA) is 435 Å². The molecule has 5 amide bonds. The van der Waals surface area contributed by atoms with Gasteiger partial charge in [0.05, 0.1) is 85.2 Å². The number of aryl methyl sites for hydroxylation is 3. The summed E-state index contributed by atoms with van der Waals surface area (Å²) in [5.41, 5.74) is -0.0308. The van der Waals surface area contributed by atoms with Crippen LogP contribution >= 0.6 is 30.8 Å². The van der Waals surface area contributed by atoms with Crippen LogP contribution in [0, 0.1) is 19.3 Å². The van der Waals surface area contributed by atoms with Crippen molar-refractivity contribution in [3.63, 3.8) is 0 Å². The number of carboxylic acid groups (broad SMARTS) is 1. The Kier molecular flexibility index (Phi) is 30.5. The van der Waals surface area contributed by atoms with E-state index in [0.717, 1.165) is 31.2 Å². The molecule has 0 bridgehead atoms. The maximum atomic E-state index is 12.5. The number of hydrogen-bond donors (Lipinski definition) is 7. The van der Waals surface area contributed by atoms with E-state index < -0.39 is 93.4 Å². The van der Waals surface area contributed by atoms with Crippen molar-refractivity contribution in [1.29, 1.82) is 0 Å². The summed E-state index contributed by atoms with van der Waals surface area (Å²) in [6, 6.07) is 9.82. The Morgan fingerprint density at radius 2 is 1.47 bits per heavy atom. The van der Waals surface area contributed by atoms with Gasteiger partial charge in [-0.25, -0.2) is 37.2 Å². The first-order chi connectivity index (χ1) is 42.9. The molecule has 1 aliphatic rings. The molecule has 1 aliphatic heterocycles. The summed E-state index contributed by atoms with van der Waals surface area (Å²) in [5, 5.41) is 18.7. The molecule has 0 fully saturated rings. The molecule has 7 N–H and O–H groups in total. The van der Waals surface area contributed by atoms with Crippen LogP contribution in [-0.4, -0.2) is 180 Å². The number of amides is 5. The molecule has 7 rings (SSSR count). The number of terminal acetylenes is 1. The fourth-order valence-corrected chi connectivity index (χ4v) is 10.0. The molecule has 1 unspecified atom stereocenters. The highest BCUT2D eigenvalue weighted by atomic mass is 35.5. The maximum absolute atomic E-state index is 12.5. The number of pyridine rings is 1. The third kappa shape index (κ3) is 26.4. The van der Waals surface area contributed by atoms with Gasteiger partial charge in [-0.2, -0.15) is 51.2 Å². The predicted octanol–water partition coefficient (Wildman–Crippen LogP) is 3.64. The van der Waals surface area contributed by atoms with Gasteiger partial charge in [0, 0.05) is 45.7 Å². The fraction of sp³-hybridized carbons (Fsp3) is 0.373. The van der Waals surface area contributed by atoms with Gasteiger partial charge in [-0.1, -0.05) is 47.3 Å². The maximum Gasteiger partial charge on any atom is 0.389 e. The number of alkyl halides is 3. The minimum absolute atomic E-state index is 0.0715. The lowest BCUT2D eigenvalue weighted by molar-refractivity contribution is -0.193. The van der Waals surface area contributed by atoms with Gasteiger partial charge in [-0.3, -0.25) is 30.1 Å². The molecule has 41 heteroatoms. The number of nitrogens with one attached hydrogen (secondary N) is 5. The lowest BCUT2D eigenvalue weighted by Gasteiger charge is -2.14. The van der Waals surface area contributed by atoms with E-state index in [2.05, 4.69) is 70.3 Å². The van der Waals surface area contributed by atoms with Crippen LogP contribution in [0.25, 0.3) is 5.69 Å². The van der Waals surface area contributed by atoms with E-state index in [-0.39, 0.29) is 58.9 Å². The van der Waals surface area contributed by atoms with Gasteiger partial charge >= 0.3 is 35.9 Å². The molecular weight excluding hydrogens is 1350 g/mol. The summed E-state index contributed by atoms with van der Waals surface area (Å²) < 4.78 is 124. The summed E-state index contributed by atoms with van der Waals surface area (Å²) in [6.45, 7) is 1.78. The summed E-state index contributed by atoms with van der Waals surface area (Å²) in [7, 11) is -5.70. The van der Waals surface area contributed by atoms with Gasteiger partial charge in [0.2, 0.25) is 23.7 Å². The Hall–Kier alpha value is -8.41. The number of halogens is 5. The Balaban J connectivity index is 0.000000327. The molecule has 0 spiro atoms. The number of sulfonamides is 2. The highest BCUT2D eigenvalue weighted by Crippen LogP contribution is 2.33. The number of carbonyl (C=O) groups is 4. The molecule has 2 aromatic carbocycles. The molecule has 32 nitrogen and oxygen atoms in total. The number of aromatic nitrogens is 9. The monoisotopic (exact) mass is 1410 g/mol. The van der Waals surface area contributed by atoms with Crippen molar-refractivity contribution in [2.45, 2.75) is 61.7 Å². The second-order valence-corrected chi connectivity index (χ2v) is 26.8. The number of methoxy groups -OCH3 is 3. The lowest BCUT2D eigenvalue weighted by atomic mass is 10.1. The van der Waals surface area contributed by atoms with Crippen molar-refractivity contribution in [3.05, 3.63) is 104 Å². The van der Waals surface area contributed by atoms with Gasteiger partial charge in [0.1, 0.15) is 31.6 Å². The summed E-state index contributed by atoms with van der Waals surface area (Å²) in [5.74, 6) is 1.63. The molecule has 6 aromatic rings. The molecule has 0 radical (unpaired) electrons. The highest BCUT2D eigenvalue weighted by Gasteiger charge is 2.30. The minimum Gasteiger partial charge on any atom is -0.778 e. The van der Waals surface area contributed by atoms with Gasteiger partial charge in [0.25, 0.3) is 26.0 Å². The molecular formula is C51H63Cl2F3N15O17PS3. The Morgan fingerprint density at radius 1 is 0.870 bits per heavy atom. The molecule has 5 heterocycles. The molecule has 502 valence electrons. The van der Waals surface area contributed by atoms with Crippen LogP contribution in [0.3, 0.4) is 0 Å². The largest absolute Gasteiger partial charge is 0.778 e. The van der Waals surface area contributed by atoms with Crippen LogP contribution in [0.4, 0.5) is 34.7 Å². The van der Waals surface area contributed by atoms with Crippen LogP contribution in [0.15, 0.2) is 75.5 Å². The average Bonchev–Trinajstić information content (AvgIpc) is 1.54. The van der Waals surface area contributed by atoms with Crippen molar-refractivity contribution in [3.8, 4) is 41.6 Å². The van der Waals surface area contributed by atoms with E-state index in [4.69, 9.17) is 58.6 Å². The number of urea groups is 2. The number of fused-ring (bicyclic) bond motifs is 1. The van der Waals surface area contributed by atoms with E-state index in [1.165, 1.54) is 101 Å². The fourth-order valence-electron chi connectivity index (χ4n) is 6.90. The zero-order valence-corrected chi connectivity index (χ0v) is 55.1. The summed E-state index contributed by atoms with van der Waals surface area (Å²) in [4.78, 5) is 100. The number of rotatable bonds is 19. The SMILES string of the molecule is C#CCOc1cc(-n2nc3n(c2=O)CCCC3)c(Cl)cc1Cl.COc1cc(OC)nc(NC(=O)NS(=O)(=O)c2ncccc2C(=O)N(C)C)n1.COc1nc(C)nc(NC(=O)NS(=O)(=O)c2ccccc2CCC(F)(F)F)n1.C[S+](C)C.O=C(O)CNCP(=O)([O-])O. The van der Waals surface area contributed by atoms with E-state index in [9.17, 15) is 63.4 Å². The van der Waals surface area contributed by atoms with E-state index in [1.54, 1.807) is 20.1 Å². The van der Waals surface area contributed by atoms with E-state index >= 15 is 0 Å². The van der Waals surface area contributed by atoms with Crippen LogP contribution in [0.2, 0.25) is 10.0 Å². The zero-order chi connectivity index (χ0) is 69.3. The Morgan fingerprint density at radius 3 is 2.01 bits per heavy atom. The highest BCUT2D eigenvalue weighted by molar-refractivity contribution is 7.94. The number of carboxylic acids is 1. The number of aliphatic carboxylic acids is 1. The van der Waals surface area contributed by atoms with Crippen molar-refractivity contribution in [2.75, 3.05) is 84.3 Å². The second kappa shape index (κ2) is 36.0. The second-order valence-electron chi connectivity index (χ2n) is 18.7. The normalized spacial score (nSPS) is 12.2. The molecule has 0 aliphatic carbocycles. The number of benzene rings is 2.